The van der Waals surface area contributed by atoms with Crippen LogP contribution in [0.5, 0.6) is 5.75 Å². The van der Waals surface area contributed by atoms with Gasteiger partial charge in [-0.15, -0.1) is 0 Å². The van der Waals surface area contributed by atoms with Gasteiger partial charge in [-0.2, -0.15) is 0 Å². The molecule has 2 aromatic rings. The van der Waals surface area contributed by atoms with E-state index in [9.17, 15) is 9.90 Å². The summed E-state index contributed by atoms with van der Waals surface area (Å²) in [6, 6.07) is 8.86. The molecular weight excluding hydrogens is 314 g/mol. The normalized spacial score (nSPS) is 19.4. The van der Waals surface area contributed by atoms with Gasteiger partial charge in [-0.1, -0.05) is 32.6 Å². The zero-order valence-electron chi connectivity index (χ0n) is 15.0. The molecule has 0 spiro atoms. The van der Waals surface area contributed by atoms with E-state index in [2.05, 4.69) is 20.4 Å². The molecule has 1 aliphatic rings. The third-order valence-corrected chi connectivity index (χ3v) is 5.10. The van der Waals surface area contributed by atoms with E-state index in [4.69, 9.17) is 10.5 Å². The van der Waals surface area contributed by atoms with Crippen LogP contribution >= 0.6 is 0 Å². The van der Waals surface area contributed by atoms with Gasteiger partial charge >= 0.3 is 0 Å². The molecule has 25 heavy (non-hydrogen) atoms. The summed E-state index contributed by atoms with van der Waals surface area (Å²) in [5.41, 5.74) is 8.34. The van der Waals surface area contributed by atoms with E-state index in [0.29, 0.717) is 39.6 Å². The fourth-order valence-corrected chi connectivity index (χ4v) is 3.47. The molecule has 0 saturated carbocycles. The number of carbonyl (C=O) groups is 1. The van der Waals surface area contributed by atoms with Gasteiger partial charge in [0.1, 0.15) is 5.75 Å². The largest absolute Gasteiger partial charge is 0.496 e. The lowest BCUT2D eigenvalue weighted by Crippen LogP contribution is -2.32. The molecule has 0 fully saturated rings. The smallest absolute Gasteiger partial charge is 0.204 e. The Kier molecular flexibility index (Phi) is 3.96. The topological polar surface area (TPSA) is 72.6 Å². The molecular formula is C21H23NO3. The highest BCUT2D eigenvalue weighted by molar-refractivity contribution is 6.20. The molecule has 1 atom stereocenters. The van der Waals surface area contributed by atoms with Crippen LogP contribution in [0.1, 0.15) is 52.4 Å². The van der Waals surface area contributed by atoms with Crippen LogP contribution in [-0.4, -0.2) is 18.0 Å². The third kappa shape index (κ3) is 2.29. The monoisotopic (exact) mass is 337 g/mol. The lowest BCUT2D eigenvalue weighted by molar-refractivity contribution is 0.0574. The molecule has 0 bridgehead atoms. The molecule has 3 rings (SSSR count). The van der Waals surface area contributed by atoms with Gasteiger partial charge in [0, 0.05) is 16.8 Å². The molecule has 0 aromatic heterocycles. The van der Waals surface area contributed by atoms with Crippen LogP contribution in [0.3, 0.4) is 0 Å². The Labute approximate surface area is 147 Å². The number of anilines is 1. The molecule has 0 heterocycles. The Morgan fingerprint density at radius 2 is 1.92 bits per heavy atom. The van der Waals surface area contributed by atoms with Crippen LogP contribution in [-0.2, 0) is 5.60 Å². The van der Waals surface area contributed by atoms with Gasteiger partial charge in [-0.3, -0.25) is 4.79 Å². The quantitative estimate of drug-likeness (QED) is 0.836. The minimum atomic E-state index is -1.85. The number of ether oxygens (including phenoxy) is 1. The Morgan fingerprint density at radius 3 is 2.52 bits per heavy atom. The average Bonchev–Trinajstić information content (AvgIpc) is 2.79. The molecule has 0 saturated heterocycles. The highest BCUT2D eigenvalue weighted by atomic mass is 16.5. The minimum absolute atomic E-state index is 0.305. The molecule has 4 heteroatoms. The SMILES string of the molecule is C=C1c2c(ccc(N)c2C)C(=O)C1(O)c1ccc(C(C)C)cc1OC. The van der Waals surface area contributed by atoms with Crippen molar-refractivity contribution in [2.45, 2.75) is 32.3 Å². The standard InChI is InChI=1S/C21H23NO3/c1-11(2)14-6-8-16(18(10-14)25-5)21(24)13(4)19-12(3)17(22)9-7-15(19)20(21)23/h6-11,24H,4,22H2,1-3,5H3. The van der Waals surface area contributed by atoms with Crippen molar-refractivity contribution in [3.8, 4) is 5.75 Å². The Bertz CT molecular complexity index is 898. The number of benzene rings is 2. The highest BCUT2D eigenvalue weighted by Gasteiger charge is 2.50. The van der Waals surface area contributed by atoms with E-state index < -0.39 is 11.4 Å². The zero-order valence-corrected chi connectivity index (χ0v) is 15.0. The number of hydrogen-bond donors (Lipinski definition) is 2. The predicted molar refractivity (Wildman–Crippen MR) is 99.9 cm³/mol. The number of nitrogen functional groups attached to an aromatic ring is 1. The van der Waals surface area contributed by atoms with Crippen molar-refractivity contribution in [2.24, 2.45) is 0 Å². The van der Waals surface area contributed by atoms with Gasteiger partial charge < -0.3 is 15.6 Å². The summed E-state index contributed by atoms with van der Waals surface area (Å²) in [5, 5.41) is 11.4. The second kappa shape index (κ2) is 5.74. The number of aliphatic hydroxyl groups is 1. The van der Waals surface area contributed by atoms with E-state index in [1.54, 1.807) is 18.2 Å². The molecule has 0 radical (unpaired) electrons. The fourth-order valence-electron chi connectivity index (χ4n) is 3.47. The number of methoxy groups -OCH3 is 1. The maximum Gasteiger partial charge on any atom is 0.204 e. The van der Waals surface area contributed by atoms with Crippen molar-refractivity contribution >= 4 is 17.0 Å². The number of carbonyl (C=O) groups excluding carboxylic acids is 1. The van der Waals surface area contributed by atoms with E-state index in [0.717, 1.165) is 11.1 Å². The van der Waals surface area contributed by atoms with Gasteiger partial charge in [0.05, 0.1) is 7.11 Å². The van der Waals surface area contributed by atoms with Crippen LogP contribution in [0, 0.1) is 6.92 Å². The van der Waals surface area contributed by atoms with Crippen LogP contribution in [0.4, 0.5) is 5.69 Å². The summed E-state index contributed by atoms with van der Waals surface area (Å²) < 4.78 is 5.49. The van der Waals surface area contributed by atoms with Crippen molar-refractivity contribution in [2.75, 3.05) is 12.8 Å². The fraction of sp³-hybridized carbons (Fsp3) is 0.286. The summed E-state index contributed by atoms with van der Waals surface area (Å²) in [7, 11) is 1.53. The van der Waals surface area contributed by atoms with Gasteiger partial charge in [0.15, 0.2) is 5.60 Å². The number of fused-ring (bicyclic) bond motifs is 1. The maximum absolute atomic E-state index is 13.1. The van der Waals surface area contributed by atoms with Crippen molar-refractivity contribution in [3.63, 3.8) is 0 Å². The first-order valence-electron chi connectivity index (χ1n) is 8.27. The molecule has 130 valence electrons. The van der Waals surface area contributed by atoms with Crippen molar-refractivity contribution in [3.05, 3.63) is 64.7 Å². The molecule has 2 aromatic carbocycles. The number of rotatable bonds is 3. The van der Waals surface area contributed by atoms with E-state index in [1.165, 1.54) is 7.11 Å². The van der Waals surface area contributed by atoms with E-state index in [-0.39, 0.29) is 0 Å². The number of nitrogens with two attached hydrogens (primary N) is 1. The van der Waals surface area contributed by atoms with Crippen LogP contribution in [0.15, 0.2) is 36.9 Å². The summed E-state index contributed by atoms with van der Waals surface area (Å²) in [6.45, 7) is 10.0. The summed E-state index contributed by atoms with van der Waals surface area (Å²) in [6.07, 6.45) is 0. The molecule has 1 aliphatic carbocycles. The van der Waals surface area contributed by atoms with Crippen molar-refractivity contribution < 1.29 is 14.6 Å². The van der Waals surface area contributed by atoms with Crippen LogP contribution in [0.25, 0.3) is 5.57 Å². The first-order valence-corrected chi connectivity index (χ1v) is 8.27. The molecule has 3 N–H and O–H groups in total. The Hall–Kier alpha value is -2.59. The van der Waals surface area contributed by atoms with Gasteiger partial charge in [0.2, 0.25) is 5.78 Å². The van der Waals surface area contributed by atoms with Crippen molar-refractivity contribution in [1.82, 2.24) is 0 Å². The Balaban J connectivity index is 2.23. The second-order valence-corrected chi connectivity index (χ2v) is 6.83. The highest BCUT2D eigenvalue weighted by Crippen LogP contribution is 2.50. The van der Waals surface area contributed by atoms with Gasteiger partial charge in [0.25, 0.3) is 0 Å². The molecule has 1 unspecified atom stereocenters. The first kappa shape index (κ1) is 17.2. The average molecular weight is 337 g/mol. The van der Waals surface area contributed by atoms with Gasteiger partial charge in [-0.05, 0) is 53.3 Å². The predicted octanol–water partition coefficient (Wildman–Crippen LogP) is 3.81. The first-order chi connectivity index (χ1) is 11.7. The number of Topliss-reactive ketones (excluding diaryl/α,β-unsaturated/α-hetero) is 1. The number of hydrogen-bond acceptors (Lipinski definition) is 4. The molecule has 0 aliphatic heterocycles. The van der Waals surface area contributed by atoms with Gasteiger partial charge in [-0.25, -0.2) is 0 Å². The third-order valence-electron chi connectivity index (χ3n) is 5.10. The molecule has 0 amide bonds. The van der Waals surface area contributed by atoms with Crippen LogP contribution in [0.2, 0.25) is 0 Å². The van der Waals surface area contributed by atoms with E-state index in [1.807, 2.05) is 19.1 Å². The minimum Gasteiger partial charge on any atom is -0.496 e. The lowest BCUT2D eigenvalue weighted by Gasteiger charge is -2.26. The lowest BCUT2D eigenvalue weighted by atomic mass is 9.84. The summed E-state index contributed by atoms with van der Waals surface area (Å²) in [4.78, 5) is 13.1. The maximum atomic E-state index is 13.1. The summed E-state index contributed by atoms with van der Waals surface area (Å²) in [5.74, 6) is 0.382. The summed E-state index contributed by atoms with van der Waals surface area (Å²) >= 11 is 0. The Morgan fingerprint density at radius 1 is 1.24 bits per heavy atom. The van der Waals surface area contributed by atoms with E-state index >= 15 is 0 Å². The second-order valence-electron chi connectivity index (χ2n) is 6.83. The van der Waals surface area contributed by atoms with Crippen LogP contribution < -0.4 is 10.5 Å². The number of ketones is 1. The van der Waals surface area contributed by atoms with Crippen molar-refractivity contribution in [1.29, 1.82) is 0 Å². The zero-order chi connectivity index (χ0) is 18.5. The molecule has 4 nitrogen and oxygen atoms in total.